The molecule has 14 heavy (non-hydrogen) atoms. The first kappa shape index (κ1) is 9.27. The molecule has 2 rings (SSSR count). The third kappa shape index (κ3) is 1.65. The number of hydrogen-bond acceptors (Lipinski definition) is 2. The molecule has 0 aliphatic rings. The molecule has 4 heteroatoms. The van der Waals surface area contributed by atoms with Crippen LogP contribution in [0.15, 0.2) is 34.9 Å². The second kappa shape index (κ2) is 3.46. The van der Waals surface area contributed by atoms with Gasteiger partial charge in [0.05, 0.1) is 5.69 Å². The molecule has 0 atom stereocenters. The van der Waals surface area contributed by atoms with Crippen LogP contribution in [-0.2, 0) is 0 Å². The summed E-state index contributed by atoms with van der Waals surface area (Å²) in [7, 11) is 0. The summed E-state index contributed by atoms with van der Waals surface area (Å²) in [5.74, 6) is 0.525. The first-order valence-electron chi connectivity index (χ1n) is 4.24. The SMILES string of the molecule is Cc1ccc(-n2ccc(N)n2)c(Br)c1. The maximum absolute atomic E-state index is 5.55. The largest absolute Gasteiger partial charge is 0.382 e. The summed E-state index contributed by atoms with van der Waals surface area (Å²) >= 11 is 3.49. The van der Waals surface area contributed by atoms with Crippen LogP contribution in [0.5, 0.6) is 0 Å². The zero-order chi connectivity index (χ0) is 10.1. The molecule has 0 amide bonds. The maximum atomic E-state index is 5.55. The lowest BCUT2D eigenvalue weighted by atomic mass is 10.2. The molecule has 72 valence electrons. The minimum atomic E-state index is 0.525. The van der Waals surface area contributed by atoms with Crippen molar-refractivity contribution in [2.75, 3.05) is 5.73 Å². The highest BCUT2D eigenvalue weighted by atomic mass is 79.9. The molecule has 0 aliphatic carbocycles. The average Bonchev–Trinajstić information content (AvgIpc) is 2.51. The highest BCUT2D eigenvalue weighted by Crippen LogP contribution is 2.21. The van der Waals surface area contributed by atoms with Gasteiger partial charge in [0, 0.05) is 16.7 Å². The Morgan fingerprint density at radius 3 is 2.71 bits per heavy atom. The van der Waals surface area contributed by atoms with E-state index in [9.17, 15) is 0 Å². The summed E-state index contributed by atoms with van der Waals surface area (Å²) in [6, 6.07) is 7.86. The van der Waals surface area contributed by atoms with Gasteiger partial charge in [-0.1, -0.05) is 6.07 Å². The van der Waals surface area contributed by atoms with Crippen molar-refractivity contribution < 1.29 is 0 Å². The summed E-state index contributed by atoms with van der Waals surface area (Å²) in [5.41, 5.74) is 7.75. The van der Waals surface area contributed by atoms with Gasteiger partial charge < -0.3 is 5.73 Å². The van der Waals surface area contributed by atoms with Crippen molar-refractivity contribution in [1.82, 2.24) is 9.78 Å². The van der Waals surface area contributed by atoms with Gasteiger partial charge in [0.15, 0.2) is 0 Å². The first-order valence-corrected chi connectivity index (χ1v) is 5.04. The molecule has 0 unspecified atom stereocenters. The van der Waals surface area contributed by atoms with E-state index in [-0.39, 0.29) is 0 Å². The molecular formula is C10H10BrN3. The molecule has 0 radical (unpaired) electrons. The van der Waals surface area contributed by atoms with Gasteiger partial charge in [-0.3, -0.25) is 0 Å². The highest BCUT2D eigenvalue weighted by Gasteiger charge is 2.03. The number of aromatic nitrogens is 2. The normalized spacial score (nSPS) is 10.4. The van der Waals surface area contributed by atoms with Crippen LogP contribution >= 0.6 is 15.9 Å². The summed E-state index contributed by atoms with van der Waals surface area (Å²) in [6.07, 6.45) is 1.84. The van der Waals surface area contributed by atoms with Gasteiger partial charge in [0.2, 0.25) is 0 Å². The number of benzene rings is 1. The smallest absolute Gasteiger partial charge is 0.145 e. The van der Waals surface area contributed by atoms with Crippen molar-refractivity contribution in [2.24, 2.45) is 0 Å². The number of rotatable bonds is 1. The lowest BCUT2D eigenvalue weighted by Crippen LogP contribution is -1.97. The third-order valence-electron chi connectivity index (χ3n) is 1.96. The van der Waals surface area contributed by atoms with E-state index in [1.807, 2.05) is 31.3 Å². The van der Waals surface area contributed by atoms with Gasteiger partial charge in [-0.25, -0.2) is 4.68 Å². The molecule has 0 bridgehead atoms. The van der Waals surface area contributed by atoms with E-state index in [0.717, 1.165) is 10.2 Å². The van der Waals surface area contributed by atoms with Crippen LogP contribution in [0.3, 0.4) is 0 Å². The van der Waals surface area contributed by atoms with Crippen LogP contribution in [0, 0.1) is 6.92 Å². The Morgan fingerprint density at radius 2 is 2.14 bits per heavy atom. The standard InChI is InChI=1S/C10H10BrN3/c1-7-2-3-9(8(11)6-7)14-5-4-10(12)13-14/h2-6H,1H3,(H2,12,13). The second-order valence-electron chi connectivity index (χ2n) is 3.14. The first-order chi connectivity index (χ1) is 6.66. The van der Waals surface area contributed by atoms with Crippen molar-refractivity contribution in [1.29, 1.82) is 0 Å². The minimum Gasteiger partial charge on any atom is -0.382 e. The molecule has 2 N–H and O–H groups in total. The van der Waals surface area contributed by atoms with E-state index in [1.165, 1.54) is 5.56 Å². The zero-order valence-electron chi connectivity index (χ0n) is 7.74. The topological polar surface area (TPSA) is 43.8 Å². The van der Waals surface area contributed by atoms with Crippen LogP contribution in [0.4, 0.5) is 5.82 Å². The van der Waals surface area contributed by atoms with E-state index in [2.05, 4.69) is 21.0 Å². The molecule has 0 saturated carbocycles. The maximum Gasteiger partial charge on any atom is 0.145 e. The van der Waals surface area contributed by atoms with Gasteiger partial charge in [-0.15, -0.1) is 0 Å². The van der Waals surface area contributed by atoms with Crippen LogP contribution in [0.1, 0.15) is 5.56 Å². The summed E-state index contributed by atoms with van der Waals surface area (Å²) in [4.78, 5) is 0. The lowest BCUT2D eigenvalue weighted by Gasteiger charge is -2.04. The molecule has 0 saturated heterocycles. The molecule has 0 fully saturated rings. The van der Waals surface area contributed by atoms with Crippen molar-refractivity contribution in [3.05, 3.63) is 40.5 Å². The van der Waals surface area contributed by atoms with Crippen molar-refractivity contribution in [3.8, 4) is 5.69 Å². The van der Waals surface area contributed by atoms with E-state index < -0.39 is 0 Å². The van der Waals surface area contributed by atoms with Crippen molar-refractivity contribution >= 4 is 21.7 Å². The highest BCUT2D eigenvalue weighted by molar-refractivity contribution is 9.10. The van der Waals surface area contributed by atoms with Crippen molar-refractivity contribution in [3.63, 3.8) is 0 Å². The van der Waals surface area contributed by atoms with Gasteiger partial charge >= 0.3 is 0 Å². The van der Waals surface area contributed by atoms with E-state index in [1.54, 1.807) is 10.7 Å². The molecule has 1 heterocycles. The Bertz CT molecular complexity index is 462. The second-order valence-corrected chi connectivity index (χ2v) is 3.99. The Kier molecular flexibility index (Phi) is 2.29. The Balaban J connectivity index is 2.52. The summed E-state index contributed by atoms with van der Waals surface area (Å²) in [6.45, 7) is 2.05. The molecule has 0 spiro atoms. The molecular weight excluding hydrogens is 242 g/mol. The quantitative estimate of drug-likeness (QED) is 0.847. The van der Waals surface area contributed by atoms with Crippen LogP contribution in [0.25, 0.3) is 5.69 Å². The average molecular weight is 252 g/mol. The molecule has 2 aromatic rings. The molecule has 3 nitrogen and oxygen atoms in total. The van der Waals surface area contributed by atoms with Crippen molar-refractivity contribution in [2.45, 2.75) is 6.92 Å². The molecule has 0 aliphatic heterocycles. The number of nitrogens with two attached hydrogens (primary N) is 1. The van der Waals surface area contributed by atoms with Crippen LogP contribution < -0.4 is 5.73 Å². The Hall–Kier alpha value is -1.29. The third-order valence-corrected chi connectivity index (χ3v) is 2.59. The lowest BCUT2D eigenvalue weighted by molar-refractivity contribution is 0.881. The predicted molar refractivity (Wildman–Crippen MR) is 60.4 cm³/mol. The molecule has 1 aromatic carbocycles. The van der Waals surface area contributed by atoms with Gasteiger partial charge in [-0.2, -0.15) is 5.10 Å². The summed E-state index contributed by atoms with van der Waals surface area (Å²) < 4.78 is 2.76. The van der Waals surface area contributed by atoms with E-state index >= 15 is 0 Å². The summed E-state index contributed by atoms with van der Waals surface area (Å²) in [5, 5.41) is 4.14. The fourth-order valence-electron chi connectivity index (χ4n) is 1.27. The minimum absolute atomic E-state index is 0.525. The van der Waals surface area contributed by atoms with Crippen LogP contribution in [0.2, 0.25) is 0 Å². The van der Waals surface area contributed by atoms with Gasteiger partial charge in [-0.05, 0) is 40.5 Å². The van der Waals surface area contributed by atoms with Gasteiger partial charge in [0.1, 0.15) is 5.82 Å². The number of halogens is 1. The number of aryl methyl sites for hydroxylation is 1. The van der Waals surface area contributed by atoms with E-state index in [4.69, 9.17) is 5.73 Å². The monoisotopic (exact) mass is 251 g/mol. The number of anilines is 1. The van der Waals surface area contributed by atoms with E-state index in [0.29, 0.717) is 5.82 Å². The Morgan fingerprint density at radius 1 is 1.36 bits per heavy atom. The number of hydrogen-bond donors (Lipinski definition) is 1. The fourth-order valence-corrected chi connectivity index (χ4v) is 1.94. The zero-order valence-corrected chi connectivity index (χ0v) is 9.32. The number of nitrogen functional groups attached to an aromatic ring is 1. The Labute approximate surface area is 90.7 Å². The number of nitrogens with zero attached hydrogens (tertiary/aromatic N) is 2. The van der Waals surface area contributed by atoms with Crippen LogP contribution in [-0.4, -0.2) is 9.78 Å². The van der Waals surface area contributed by atoms with Gasteiger partial charge in [0.25, 0.3) is 0 Å². The fraction of sp³-hybridized carbons (Fsp3) is 0.100. The molecule has 1 aromatic heterocycles. The predicted octanol–water partition coefficient (Wildman–Crippen LogP) is 2.53.